The molecule has 140 valence electrons. The molecule has 7 nitrogen and oxygen atoms in total. The van der Waals surface area contributed by atoms with Crippen molar-refractivity contribution in [2.75, 3.05) is 26.3 Å². The largest absolute Gasteiger partial charge is 0.381 e. The Hall–Kier alpha value is -1.63. The minimum atomic E-state index is -0.0995. The molecule has 1 N–H and O–H groups in total. The topological polar surface area (TPSA) is 80.5 Å². The number of urea groups is 1. The molecule has 0 aromatic carbocycles. The highest BCUT2D eigenvalue weighted by Crippen LogP contribution is 2.30. The first-order valence-electron chi connectivity index (χ1n) is 9.72. The molecule has 1 aromatic rings. The summed E-state index contributed by atoms with van der Waals surface area (Å²) in [6.45, 7) is 4.94. The molecule has 3 rings (SSSR count). The molecule has 1 aliphatic carbocycles. The molecule has 2 amide bonds. The van der Waals surface area contributed by atoms with E-state index in [1.807, 2.05) is 11.8 Å². The van der Waals surface area contributed by atoms with Gasteiger partial charge in [0.15, 0.2) is 5.82 Å². The molecule has 0 radical (unpaired) electrons. The van der Waals surface area contributed by atoms with Crippen LogP contribution in [0.15, 0.2) is 4.52 Å². The fourth-order valence-electron chi connectivity index (χ4n) is 3.69. The van der Waals surface area contributed by atoms with Crippen molar-refractivity contribution in [1.82, 2.24) is 20.4 Å². The van der Waals surface area contributed by atoms with Crippen LogP contribution in [-0.2, 0) is 11.2 Å². The van der Waals surface area contributed by atoms with Gasteiger partial charge in [-0.25, -0.2) is 4.79 Å². The van der Waals surface area contributed by atoms with Crippen molar-refractivity contribution >= 4 is 6.03 Å². The maximum absolute atomic E-state index is 12.2. The maximum atomic E-state index is 12.2. The Kier molecular flexibility index (Phi) is 6.67. The number of nitrogens with one attached hydrogen (secondary N) is 1. The van der Waals surface area contributed by atoms with Gasteiger partial charge in [-0.3, -0.25) is 0 Å². The smallest absolute Gasteiger partial charge is 0.318 e. The van der Waals surface area contributed by atoms with Crippen molar-refractivity contribution in [2.45, 2.75) is 64.3 Å². The van der Waals surface area contributed by atoms with Crippen LogP contribution in [0.1, 0.15) is 69.6 Å². The molecule has 1 saturated heterocycles. The first-order valence-corrected chi connectivity index (χ1v) is 9.72. The van der Waals surface area contributed by atoms with Gasteiger partial charge in [-0.2, -0.15) is 4.98 Å². The Bertz CT molecular complexity index is 542. The molecule has 1 atom stereocenters. The van der Waals surface area contributed by atoms with E-state index in [0.717, 1.165) is 38.3 Å². The van der Waals surface area contributed by atoms with Gasteiger partial charge in [0.1, 0.15) is 6.04 Å². The van der Waals surface area contributed by atoms with E-state index in [4.69, 9.17) is 9.26 Å². The number of amides is 2. The van der Waals surface area contributed by atoms with Gasteiger partial charge in [0.2, 0.25) is 5.89 Å². The van der Waals surface area contributed by atoms with Crippen molar-refractivity contribution in [3.8, 4) is 0 Å². The van der Waals surface area contributed by atoms with Gasteiger partial charge in [-0.1, -0.05) is 24.9 Å². The maximum Gasteiger partial charge on any atom is 0.318 e. The van der Waals surface area contributed by atoms with E-state index >= 15 is 0 Å². The summed E-state index contributed by atoms with van der Waals surface area (Å²) >= 11 is 0. The summed E-state index contributed by atoms with van der Waals surface area (Å²) in [4.78, 5) is 18.5. The fraction of sp³-hybridized carbons (Fsp3) is 0.833. The molecule has 7 heteroatoms. The average molecular weight is 350 g/mol. The minimum absolute atomic E-state index is 0.0380. The molecular weight excluding hydrogens is 320 g/mol. The molecular formula is C18H30N4O3. The quantitative estimate of drug-likeness (QED) is 0.729. The predicted molar refractivity (Wildman–Crippen MR) is 93.1 cm³/mol. The Morgan fingerprint density at radius 3 is 2.96 bits per heavy atom. The van der Waals surface area contributed by atoms with Crippen LogP contribution in [0.25, 0.3) is 0 Å². The zero-order chi connectivity index (χ0) is 17.5. The van der Waals surface area contributed by atoms with Gasteiger partial charge in [-0.15, -0.1) is 0 Å². The number of carbonyl (C=O) groups excluding carboxylic acids is 1. The van der Waals surface area contributed by atoms with Crippen LogP contribution in [0.3, 0.4) is 0 Å². The lowest BCUT2D eigenvalue weighted by molar-refractivity contribution is 0.102. The second-order valence-electron chi connectivity index (χ2n) is 7.11. The minimum Gasteiger partial charge on any atom is -0.381 e. The van der Waals surface area contributed by atoms with Crippen molar-refractivity contribution in [2.24, 2.45) is 5.92 Å². The van der Waals surface area contributed by atoms with Crippen molar-refractivity contribution in [3.05, 3.63) is 11.7 Å². The molecule has 0 spiro atoms. The zero-order valence-corrected chi connectivity index (χ0v) is 15.2. The van der Waals surface area contributed by atoms with E-state index < -0.39 is 0 Å². The molecule has 2 heterocycles. The van der Waals surface area contributed by atoms with E-state index in [-0.39, 0.29) is 12.1 Å². The Morgan fingerprint density at radius 2 is 2.16 bits per heavy atom. The molecule has 1 saturated carbocycles. The van der Waals surface area contributed by atoms with Gasteiger partial charge in [-0.05, 0) is 38.0 Å². The molecule has 1 aromatic heterocycles. The second kappa shape index (κ2) is 9.17. The Labute approximate surface area is 149 Å². The van der Waals surface area contributed by atoms with Crippen LogP contribution >= 0.6 is 0 Å². The first kappa shape index (κ1) is 18.2. The van der Waals surface area contributed by atoms with Gasteiger partial charge < -0.3 is 19.5 Å². The highest BCUT2D eigenvalue weighted by molar-refractivity contribution is 5.74. The lowest BCUT2D eigenvalue weighted by Gasteiger charge is -2.22. The number of likely N-dealkylation sites (tertiary alicyclic amines) is 1. The zero-order valence-electron chi connectivity index (χ0n) is 15.2. The summed E-state index contributed by atoms with van der Waals surface area (Å²) in [5.74, 6) is 1.95. The number of nitrogens with zero attached hydrogens (tertiary/aromatic N) is 3. The van der Waals surface area contributed by atoms with Crippen LogP contribution in [0.4, 0.5) is 4.79 Å². The van der Waals surface area contributed by atoms with Crippen LogP contribution in [0.2, 0.25) is 0 Å². The third-order valence-corrected chi connectivity index (χ3v) is 5.11. The second-order valence-corrected chi connectivity index (χ2v) is 7.11. The molecule has 0 bridgehead atoms. The predicted octanol–water partition coefficient (Wildman–Crippen LogP) is 3.08. The van der Waals surface area contributed by atoms with Crippen LogP contribution < -0.4 is 5.32 Å². The van der Waals surface area contributed by atoms with Gasteiger partial charge in [0, 0.05) is 26.1 Å². The van der Waals surface area contributed by atoms with E-state index in [9.17, 15) is 4.79 Å². The molecule has 2 aliphatic rings. The standard InChI is InChI=1S/C18H30N4O3/c1-2-10-19-18(23)22-11-5-8-15(22)17-20-16(21-25-17)9-12-24-13-14-6-3-4-7-14/h14-15H,2-13H2,1H3,(H,19,23). The molecule has 1 unspecified atom stereocenters. The van der Waals surface area contributed by atoms with E-state index in [1.54, 1.807) is 0 Å². The SMILES string of the molecule is CCCNC(=O)N1CCCC1c1nc(CCOCC2CCCC2)no1. The third-order valence-electron chi connectivity index (χ3n) is 5.11. The van der Waals surface area contributed by atoms with Crippen molar-refractivity contribution in [1.29, 1.82) is 0 Å². The Morgan fingerprint density at radius 1 is 1.32 bits per heavy atom. The Balaban J connectivity index is 1.45. The highest BCUT2D eigenvalue weighted by atomic mass is 16.5. The average Bonchev–Trinajstić information content (AvgIpc) is 3.37. The number of ether oxygens (including phenoxy) is 1. The lowest BCUT2D eigenvalue weighted by atomic mass is 10.1. The third kappa shape index (κ3) is 4.93. The van der Waals surface area contributed by atoms with E-state index in [2.05, 4.69) is 15.5 Å². The number of aromatic nitrogens is 2. The summed E-state index contributed by atoms with van der Waals surface area (Å²) in [6.07, 6.45) is 8.69. The van der Waals surface area contributed by atoms with Gasteiger partial charge in [0.25, 0.3) is 0 Å². The van der Waals surface area contributed by atoms with Crippen LogP contribution in [-0.4, -0.2) is 47.4 Å². The lowest BCUT2D eigenvalue weighted by Crippen LogP contribution is -2.39. The monoisotopic (exact) mass is 350 g/mol. The molecule has 1 aliphatic heterocycles. The summed E-state index contributed by atoms with van der Waals surface area (Å²) in [6, 6.07) is -0.137. The first-order chi connectivity index (χ1) is 12.3. The van der Waals surface area contributed by atoms with Crippen LogP contribution in [0, 0.1) is 5.92 Å². The van der Waals surface area contributed by atoms with Crippen LogP contribution in [0.5, 0.6) is 0 Å². The number of carbonyl (C=O) groups is 1. The fourth-order valence-corrected chi connectivity index (χ4v) is 3.69. The van der Waals surface area contributed by atoms with Gasteiger partial charge in [0.05, 0.1) is 6.61 Å². The number of hydrogen-bond donors (Lipinski definition) is 1. The summed E-state index contributed by atoms with van der Waals surface area (Å²) in [7, 11) is 0. The van der Waals surface area contributed by atoms with E-state index in [0.29, 0.717) is 31.3 Å². The summed E-state index contributed by atoms with van der Waals surface area (Å²) in [5.41, 5.74) is 0. The molecule has 25 heavy (non-hydrogen) atoms. The van der Waals surface area contributed by atoms with Gasteiger partial charge >= 0.3 is 6.03 Å². The van der Waals surface area contributed by atoms with Crippen molar-refractivity contribution < 1.29 is 14.1 Å². The number of hydrogen-bond acceptors (Lipinski definition) is 5. The van der Waals surface area contributed by atoms with Crippen molar-refractivity contribution in [3.63, 3.8) is 0 Å². The summed E-state index contributed by atoms with van der Waals surface area (Å²) < 4.78 is 11.2. The summed E-state index contributed by atoms with van der Waals surface area (Å²) in [5, 5.41) is 6.99. The molecule has 2 fully saturated rings. The van der Waals surface area contributed by atoms with E-state index in [1.165, 1.54) is 25.7 Å². The number of rotatable bonds is 8. The normalized spacial score (nSPS) is 21.2. The highest BCUT2D eigenvalue weighted by Gasteiger charge is 2.33.